The van der Waals surface area contributed by atoms with Crippen LogP contribution in [0.2, 0.25) is 5.02 Å². The summed E-state index contributed by atoms with van der Waals surface area (Å²) in [5, 5.41) is 4.55. The highest BCUT2D eigenvalue weighted by Crippen LogP contribution is 2.19. The number of ether oxygens (including phenoxy) is 1. The lowest BCUT2D eigenvalue weighted by atomic mass is 10.1. The molecule has 0 aromatic heterocycles. The van der Waals surface area contributed by atoms with Crippen molar-refractivity contribution in [2.45, 2.75) is 4.90 Å². The number of carbonyl (C=O) groups excluding carboxylic acids is 2. The summed E-state index contributed by atoms with van der Waals surface area (Å²) in [7, 11) is 1.33. The monoisotopic (exact) mass is 362 g/mol. The molecular weight excluding hydrogens is 348 g/mol. The third-order valence-electron chi connectivity index (χ3n) is 2.92. The Balaban J connectivity index is 1.79. The van der Waals surface area contributed by atoms with Gasteiger partial charge in [0.2, 0.25) is 5.91 Å². The molecular formula is C17H15ClN2O3S. The summed E-state index contributed by atoms with van der Waals surface area (Å²) in [5.41, 5.74) is 3.67. The van der Waals surface area contributed by atoms with Crippen LogP contribution in [0.25, 0.3) is 0 Å². The van der Waals surface area contributed by atoms with Gasteiger partial charge in [-0.25, -0.2) is 10.2 Å². The maximum absolute atomic E-state index is 11.7. The van der Waals surface area contributed by atoms with E-state index < -0.39 is 5.97 Å². The van der Waals surface area contributed by atoms with Crippen LogP contribution in [0.1, 0.15) is 15.9 Å². The van der Waals surface area contributed by atoms with Crippen molar-refractivity contribution >= 4 is 41.5 Å². The first-order chi connectivity index (χ1) is 11.6. The van der Waals surface area contributed by atoms with Gasteiger partial charge in [0.15, 0.2) is 0 Å². The molecule has 0 aliphatic rings. The van der Waals surface area contributed by atoms with Crippen LogP contribution in [0.15, 0.2) is 58.5 Å². The second-order valence-corrected chi connectivity index (χ2v) is 6.13. The van der Waals surface area contributed by atoms with E-state index >= 15 is 0 Å². The number of nitrogens with one attached hydrogen (secondary N) is 1. The summed E-state index contributed by atoms with van der Waals surface area (Å²) < 4.78 is 4.62. The Labute approximate surface area is 149 Å². The van der Waals surface area contributed by atoms with Crippen LogP contribution < -0.4 is 5.43 Å². The second kappa shape index (κ2) is 9.10. The Morgan fingerprint density at radius 3 is 2.46 bits per heavy atom. The number of methoxy groups -OCH3 is 1. The fourth-order valence-corrected chi connectivity index (χ4v) is 2.53. The summed E-state index contributed by atoms with van der Waals surface area (Å²) in [4.78, 5) is 24.0. The zero-order valence-electron chi connectivity index (χ0n) is 12.9. The summed E-state index contributed by atoms with van der Waals surface area (Å²) in [5.74, 6) is -0.358. The molecule has 0 aliphatic carbocycles. The molecule has 0 unspecified atom stereocenters. The van der Waals surface area contributed by atoms with Gasteiger partial charge in [-0.05, 0) is 42.0 Å². The van der Waals surface area contributed by atoms with Crippen LogP contribution in [0.3, 0.4) is 0 Å². The molecule has 0 heterocycles. The summed E-state index contributed by atoms with van der Waals surface area (Å²) in [6.07, 6.45) is 1.51. The third kappa shape index (κ3) is 5.72. The molecule has 0 aliphatic heterocycles. The molecule has 0 atom stereocenters. The van der Waals surface area contributed by atoms with Gasteiger partial charge in [-0.15, -0.1) is 11.8 Å². The van der Waals surface area contributed by atoms with Crippen molar-refractivity contribution in [1.82, 2.24) is 5.43 Å². The predicted molar refractivity (Wildman–Crippen MR) is 95.7 cm³/mol. The highest BCUT2D eigenvalue weighted by molar-refractivity contribution is 8.00. The van der Waals surface area contributed by atoms with Gasteiger partial charge in [-0.1, -0.05) is 23.7 Å². The number of carbonyl (C=O) groups is 2. The molecule has 2 rings (SSSR count). The fraction of sp³-hybridized carbons (Fsp3) is 0.118. The number of benzene rings is 2. The molecule has 0 fully saturated rings. The van der Waals surface area contributed by atoms with Gasteiger partial charge in [0.05, 0.1) is 24.6 Å². The van der Waals surface area contributed by atoms with Crippen LogP contribution in [-0.2, 0) is 9.53 Å². The first kappa shape index (κ1) is 18.0. The van der Waals surface area contributed by atoms with E-state index in [2.05, 4.69) is 15.3 Å². The quantitative estimate of drug-likeness (QED) is 0.370. The van der Waals surface area contributed by atoms with Crippen LogP contribution in [0.4, 0.5) is 0 Å². The molecule has 1 N–H and O–H groups in total. The fourth-order valence-electron chi connectivity index (χ4n) is 1.71. The second-order valence-electron chi connectivity index (χ2n) is 4.65. The minimum atomic E-state index is -0.397. The van der Waals surface area contributed by atoms with Crippen molar-refractivity contribution in [2.75, 3.05) is 12.9 Å². The third-order valence-corrected chi connectivity index (χ3v) is 4.18. The molecule has 124 valence electrons. The SMILES string of the molecule is COC(=O)c1ccc(/C=N\NC(=O)CSc2ccc(Cl)cc2)cc1. The molecule has 0 spiro atoms. The van der Waals surface area contributed by atoms with Crippen molar-refractivity contribution in [3.05, 3.63) is 64.7 Å². The van der Waals surface area contributed by atoms with Crippen molar-refractivity contribution in [3.8, 4) is 0 Å². The zero-order chi connectivity index (χ0) is 17.4. The molecule has 0 bridgehead atoms. The molecule has 7 heteroatoms. The molecule has 2 aromatic carbocycles. The van der Waals surface area contributed by atoms with Crippen molar-refractivity contribution in [3.63, 3.8) is 0 Å². The maximum Gasteiger partial charge on any atom is 0.337 e. The topological polar surface area (TPSA) is 67.8 Å². The van der Waals surface area contributed by atoms with E-state index in [1.165, 1.54) is 25.1 Å². The lowest BCUT2D eigenvalue weighted by Gasteiger charge is -2.01. The molecule has 0 saturated heterocycles. The smallest absolute Gasteiger partial charge is 0.337 e. The first-order valence-corrected chi connectivity index (χ1v) is 8.33. The number of thioether (sulfide) groups is 1. The Morgan fingerprint density at radius 2 is 1.83 bits per heavy atom. The Hall–Kier alpha value is -2.31. The highest BCUT2D eigenvalue weighted by Gasteiger charge is 2.04. The van der Waals surface area contributed by atoms with Gasteiger partial charge in [0.25, 0.3) is 0 Å². The average Bonchev–Trinajstić information content (AvgIpc) is 2.61. The van der Waals surface area contributed by atoms with Gasteiger partial charge >= 0.3 is 5.97 Å². The average molecular weight is 363 g/mol. The molecule has 2 aromatic rings. The van der Waals surface area contributed by atoms with Crippen LogP contribution in [0.5, 0.6) is 0 Å². The molecule has 0 radical (unpaired) electrons. The van der Waals surface area contributed by atoms with Gasteiger partial charge in [0.1, 0.15) is 0 Å². The van der Waals surface area contributed by atoms with E-state index in [0.29, 0.717) is 10.6 Å². The minimum Gasteiger partial charge on any atom is -0.465 e. The largest absolute Gasteiger partial charge is 0.465 e. The normalized spacial score (nSPS) is 10.6. The number of hydrogen-bond donors (Lipinski definition) is 1. The summed E-state index contributed by atoms with van der Waals surface area (Å²) in [6, 6.07) is 13.9. The molecule has 24 heavy (non-hydrogen) atoms. The van der Waals surface area contributed by atoms with Crippen LogP contribution in [0, 0.1) is 0 Å². The number of amides is 1. The van der Waals surface area contributed by atoms with E-state index in [1.54, 1.807) is 36.4 Å². The van der Waals surface area contributed by atoms with E-state index in [9.17, 15) is 9.59 Å². The minimum absolute atomic E-state index is 0.211. The maximum atomic E-state index is 11.7. The number of halogens is 1. The highest BCUT2D eigenvalue weighted by atomic mass is 35.5. The van der Waals surface area contributed by atoms with Gasteiger partial charge < -0.3 is 4.74 Å². The Kier molecular flexibility index (Phi) is 6.84. The van der Waals surface area contributed by atoms with Crippen LogP contribution >= 0.6 is 23.4 Å². The van der Waals surface area contributed by atoms with E-state index in [4.69, 9.17) is 11.6 Å². The van der Waals surface area contributed by atoms with Crippen LogP contribution in [-0.4, -0.2) is 31.0 Å². The standard InChI is InChI=1S/C17H15ClN2O3S/c1-23-17(22)13-4-2-12(3-5-13)10-19-20-16(21)11-24-15-8-6-14(18)7-9-15/h2-10H,11H2,1H3,(H,20,21)/b19-10-. The van der Waals surface area contributed by atoms with Crippen molar-refractivity contribution < 1.29 is 14.3 Å². The van der Waals surface area contributed by atoms with Crippen molar-refractivity contribution in [1.29, 1.82) is 0 Å². The molecule has 5 nitrogen and oxygen atoms in total. The lowest BCUT2D eigenvalue weighted by Crippen LogP contribution is -2.19. The number of nitrogens with zero attached hydrogens (tertiary/aromatic N) is 1. The Bertz CT molecular complexity index is 731. The number of rotatable bonds is 6. The molecule has 1 amide bonds. The van der Waals surface area contributed by atoms with Gasteiger partial charge in [-0.3, -0.25) is 4.79 Å². The number of hydrogen-bond acceptors (Lipinski definition) is 5. The summed E-state index contributed by atoms with van der Waals surface area (Å²) in [6.45, 7) is 0. The number of esters is 1. The van der Waals surface area contributed by atoms with E-state index in [-0.39, 0.29) is 11.7 Å². The first-order valence-electron chi connectivity index (χ1n) is 6.97. The zero-order valence-corrected chi connectivity index (χ0v) is 14.4. The number of hydrazone groups is 1. The van der Waals surface area contributed by atoms with E-state index in [0.717, 1.165) is 10.5 Å². The van der Waals surface area contributed by atoms with Gasteiger partial charge in [-0.2, -0.15) is 5.10 Å². The lowest BCUT2D eigenvalue weighted by molar-refractivity contribution is -0.118. The van der Waals surface area contributed by atoms with Gasteiger partial charge in [0, 0.05) is 9.92 Å². The summed E-state index contributed by atoms with van der Waals surface area (Å²) >= 11 is 7.20. The molecule has 0 saturated carbocycles. The predicted octanol–water partition coefficient (Wildman–Crippen LogP) is 3.37. The van der Waals surface area contributed by atoms with Crippen molar-refractivity contribution in [2.24, 2.45) is 5.10 Å². The Morgan fingerprint density at radius 1 is 1.17 bits per heavy atom. The van der Waals surface area contributed by atoms with E-state index in [1.807, 2.05) is 12.1 Å².